The quantitative estimate of drug-likeness (QED) is 0.346. The molecule has 1 heterocycles. The minimum absolute atomic E-state index is 0.0176. The minimum Gasteiger partial charge on any atom is -0.340 e. The number of nitrogens with zero attached hydrogens (tertiary/aromatic N) is 1. The van der Waals surface area contributed by atoms with Gasteiger partial charge in [-0.15, -0.1) is 0 Å². The van der Waals surface area contributed by atoms with Crippen LogP contribution in [0.2, 0.25) is 0 Å². The molecule has 0 aliphatic heterocycles. The van der Waals surface area contributed by atoms with Gasteiger partial charge in [0.25, 0.3) is 0 Å². The molecule has 0 bridgehead atoms. The molecule has 3 aromatic carbocycles. The van der Waals surface area contributed by atoms with E-state index in [1.807, 2.05) is 6.07 Å². The summed E-state index contributed by atoms with van der Waals surface area (Å²) in [5.41, 5.74) is 7.15. The molecule has 0 amide bonds. The third kappa shape index (κ3) is 4.06. The van der Waals surface area contributed by atoms with Gasteiger partial charge in [-0.3, -0.25) is 0 Å². The molecule has 3 heteroatoms. The van der Waals surface area contributed by atoms with Crippen molar-refractivity contribution < 1.29 is 4.52 Å². The third-order valence-electron chi connectivity index (χ3n) is 5.96. The van der Waals surface area contributed by atoms with Crippen molar-refractivity contribution in [1.82, 2.24) is 4.98 Å². The van der Waals surface area contributed by atoms with Crippen molar-refractivity contribution in [1.29, 1.82) is 0 Å². The van der Waals surface area contributed by atoms with Crippen LogP contribution in [-0.2, 0) is 10.9 Å². The Morgan fingerprint density at radius 1 is 0.742 bits per heavy atom. The van der Waals surface area contributed by atoms with E-state index in [2.05, 4.69) is 98.8 Å². The lowest BCUT2D eigenvalue weighted by Crippen LogP contribution is -2.19. The first-order chi connectivity index (χ1) is 15.2. The van der Waals surface area contributed by atoms with E-state index in [9.17, 15) is 0 Å². The SMILES string of the molecule is Cc1ccccc1P(O[C@H]1CCc2ccc(-c3ccccc3)nc21)c1ccccc1C. The molecule has 0 saturated heterocycles. The van der Waals surface area contributed by atoms with Gasteiger partial charge in [0.1, 0.15) is 6.10 Å². The van der Waals surface area contributed by atoms with Crippen LogP contribution in [0.4, 0.5) is 0 Å². The Balaban J connectivity index is 1.53. The van der Waals surface area contributed by atoms with Crippen molar-refractivity contribution >= 4 is 18.8 Å². The third-order valence-corrected chi connectivity index (χ3v) is 8.31. The largest absolute Gasteiger partial charge is 0.340 e. The van der Waals surface area contributed by atoms with Crippen LogP contribution in [-0.4, -0.2) is 4.98 Å². The number of benzene rings is 3. The molecule has 4 aromatic rings. The lowest BCUT2D eigenvalue weighted by atomic mass is 10.1. The summed E-state index contributed by atoms with van der Waals surface area (Å²) in [6.07, 6.45) is 2.02. The van der Waals surface area contributed by atoms with Crippen LogP contribution in [0.1, 0.15) is 34.9 Å². The smallest absolute Gasteiger partial charge is 0.105 e. The fraction of sp³-hybridized carbons (Fsp3) is 0.179. The lowest BCUT2D eigenvalue weighted by molar-refractivity contribution is 0.234. The van der Waals surface area contributed by atoms with Crippen molar-refractivity contribution in [2.75, 3.05) is 0 Å². The highest BCUT2D eigenvalue weighted by Crippen LogP contribution is 2.46. The summed E-state index contributed by atoms with van der Waals surface area (Å²) in [5.74, 6) is 0. The molecule has 0 radical (unpaired) electrons. The highest BCUT2D eigenvalue weighted by Gasteiger charge is 2.30. The molecule has 0 unspecified atom stereocenters. The summed E-state index contributed by atoms with van der Waals surface area (Å²) < 4.78 is 6.96. The highest BCUT2D eigenvalue weighted by atomic mass is 31.1. The van der Waals surface area contributed by atoms with Crippen LogP contribution in [0.5, 0.6) is 0 Å². The van der Waals surface area contributed by atoms with Gasteiger partial charge in [-0.2, -0.15) is 0 Å². The zero-order valence-electron chi connectivity index (χ0n) is 18.0. The number of aromatic nitrogens is 1. The summed E-state index contributed by atoms with van der Waals surface area (Å²) in [6.45, 7) is 4.36. The van der Waals surface area contributed by atoms with Crippen LogP contribution >= 0.6 is 8.15 Å². The van der Waals surface area contributed by atoms with E-state index in [-0.39, 0.29) is 6.10 Å². The number of aryl methyl sites for hydroxylation is 3. The summed E-state index contributed by atoms with van der Waals surface area (Å²) >= 11 is 0. The molecular weight excluding hydrogens is 397 g/mol. The van der Waals surface area contributed by atoms with Crippen LogP contribution < -0.4 is 10.6 Å². The molecule has 1 aliphatic rings. The second-order valence-corrected chi connectivity index (χ2v) is 9.87. The maximum atomic E-state index is 6.96. The average Bonchev–Trinajstić information content (AvgIpc) is 3.21. The Kier molecular flexibility index (Phi) is 5.68. The van der Waals surface area contributed by atoms with Gasteiger partial charge >= 0.3 is 0 Å². The molecule has 154 valence electrons. The summed E-state index contributed by atoms with van der Waals surface area (Å²) in [4.78, 5) is 5.08. The molecule has 31 heavy (non-hydrogen) atoms. The van der Waals surface area contributed by atoms with Gasteiger partial charge in [0.2, 0.25) is 0 Å². The lowest BCUT2D eigenvalue weighted by Gasteiger charge is -2.25. The molecule has 0 spiro atoms. The average molecular weight is 423 g/mol. The second kappa shape index (κ2) is 8.75. The van der Waals surface area contributed by atoms with Crippen LogP contribution in [0.3, 0.4) is 0 Å². The zero-order valence-corrected chi connectivity index (χ0v) is 18.8. The van der Waals surface area contributed by atoms with Crippen molar-refractivity contribution in [2.45, 2.75) is 32.8 Å². The maximum Gasteiger partial charge on any atom is 0.105 e. The number of fused-ring (bicyclic) bond motifs is 1. The second-order valence-electron chi connectivity index (χ2n) is 8.11. The predicted molar refractivity (Wildman–Crippen MR) is 130 cm³/mol. The number of rotatable bonds is 5. The van der Waals surface area contributed by atoms with Crippen molar-refractivity contribution in [3.8, 4) is 11.3 Å². The number of pyridine rings is 1. The molecule has 5 rings (SSSR count). The Labute approximate surface area is 185 Å². The van der Waals surface area contributed by atoms with Gasteiger partial charge in [0, 0.05) is 16.2 Å². The first kappa shape index (κ1) is 20.1. The Hall–Kier alpha value is -2.80. The molecular formula is C28H26NOP. The molecule has 1 atom stereocenters. The standard InChI is InChI=1S/C28H26NOP/c1-20-10-6-8-14-26(20)31(27-15-9-7-11-21(27)2)30-25-19-17-23-16-18-24(29-28(23)25)22-12-4-3-5-13-22/h3-16,18,25H,17,19H2,1-2H3/t25-/m0/s1. The van der Waals surface area contributed by atoms with Gasteiger partial charge < -0.3 is 4.52 Å². The van der Waals surface area contributed by atoms with Gasteiger partial charge in [-0.25, -0.2) is 4.98 Å². The Morgan fingerprint density at radius 2 is 1.35 bits per heavy atom. The van der Waals surface area contributed by atoms with Crippen LogP contribution in [0.15, 0.2) is 91.0 Å². The van der Waals surface area contributed by atoms with E-state index in [4.69, 9.17) is 9.51 Å². The minimum atomic E-state index is -0.932. The van der Waals surface area contributed by atoms with E-state index in [1.165, 1.54) is 27.3 Å². The normalized spacial score (nSPS) is 15.3. The molecule has 0 N–H and O–H groups in total. The van der Waals surface area contributed by atoms with E-state index in [0.717, 1.165) is 29.8 Å². The Bertz CT molecular complexity index is 1160. The number of hydrogen-bond acceptors (Lipinski definition) is 2. The van der Waals surface area contributed by atoms with Gasteiger partial charge in [0.05, 0.1) is 19.5 Å². The summed E-state index contributed by atoms with van der Waals surface area (Å²) in [7, 11) is -0.932. The van der Waals surface area contributed by atoms with Gasteiger partial charge in [-0.1, -0.05) is 84.9 Å². The first-order valence-corrected chi connectivity index (χ1v) is 12.1. The summed E-state index contributed by atoms with van der Waals surface area (Å²) in [6, 6.07) is 32.0. The van der Waals surface area contributed by atoms with Gasteiger partial charge in [-0.05, 0) is 49.4 Å². The fourth-order valence-corrected chi connectivity index (χ4v) is 6.42. The van der Waals surface area contributed by atoms with Crippen LogP contribution in [0.25, 0.3) is 11.3 Å². The predicted octanol–water partition coefficient (Wildman–Crippen LogP) is 6.42. The van der Waals surface area contributed by atoms with Crippen molar-refractivity contribution in [2.24, 2.45) is 0 Å². The monoisotopic (exact) mass is 423 g/mol. The fourth-order valence-electron chi connectivity index (χ4n) is 4.24. The maximum absolute atomic E-state index is 6.96. The number of hydrogen-bond donors (Lipinski definition) is 0. The molecule has 0 fully saturated rings. The molecule has 1 aliphatic carbocycles. The van der Waals surface area contributed by atoms with E-state index in [1.54, 1.807) is 0 Å². The molecule has 0 saturated carbocycles. The molecule has 2 nitrogen and oxygen atoms in total. The summed E-state index contributed by atoms with van der Waals surface area (Å²) in [5, 5.41) is 2.58. The van der Waals surface area contributed by atoms with Crippen molar-refractivity contribution in [3.63, 3.8) is 0 Å². The topological polar surface area (TPSA) is 22.1 Å². The van der Waals surface area contributed by atoms with E-state index >= 15 is 0 Å². The van der Waals surface area contributed by atoms with Crippen molar-refractivity contribution in [3.05, 3.63) is 113 Å². The highest BCUT2D eigenvalue weighted by molar-refractivity contribution is 7.68. The molecule has 1 aromatic heterocycles. The first-order valence-electron chi connectivity index (χ1n) is 10.8. The van der Waals surface area contributed by atoms with Crippen LogP contribution in [0, 0.1) is 13.8 Å². The van der Waals surface area contributed by atoms with E-state index in [0.29, 0.717) is 0 Å². The zero-order chi connectivity index (χ0) is 21.2. The van der Waals surface area contributed by atoms with E-state index < -0.39 is 8.15 Å². The Morgan fingerprint density at radius 3 is 2.00 bits per heavy atom. The van der Waals surface area contributed by atoms with Gasteiger partial charge in [0.15, 0.2) is 0 Å².